The second-order valence-electron chi connectivity index (χ2n) is 1.75. The molecule has 0 saturated heterocycles. The highest BCUT2D eigenvalue weighted by atomic mass is 16.9. The summed E-state index contributed by atoms with van der Waals surface area (Å²) < 4.78 is 4.81. The lowest BCUT2D eigenvalue weighted by atomic mass is 10.5. The first-order valence-corrected chi connectivity index (χ1v) is 3.23. The Balaban J connectivity index is 2.85. The lowest BCUT2D eigenvalue weighted by molar-refractivity contribution is -0.757. The Morgan fingerprint density at radius 2 is 2.09 bits per heavy atom. The average molecular weight is 165 g/mol. The van der Waals surface area contributed by atoms with Crippen LogP contribution in [0.1, 0.15) is 6.42 Å². The third-order valence-electron chi connectivity index (χ3n) is 0.865. The maximum Gasteiger partial charge on any atom is 0.294 e. The van der Waals surface area contributed by atoms with E-state index in [-0.39, 0.29) is 19.8 Å². The number of rotatable bonds is 7. The van der Waals surface area contributed by atoms with Gasteiger partial charge < -0.3 is 14.7 Å². The van der Waals surface area contributed by atoms with Crippen molar-refractivity contribution in [1.82, 2.24) is 0 Å². The van der Waals surface area contributed by atoms with E-state index in [0.717, 1.165) is 0 Å². The van der Waals surface area contributed by atoms with Gasteiger partial charge >= 0.3 is 0 Å². The van der Waals surface area contributed by atoms with E-state index in [9.17, 15) is 10.1 Å². The standard InChI is InChI=1S/C5H11NO5/c7-2-5-10-3-1-4-11-6(8)9/h7H,1-5H2. The Morgan fingerprint density at radius 1 is 1.36 bits per heavy atom. The molecule has 11 heavy (non-hydrogen) atoms. The minimum atomic E-state index is -0.841. The first kappa shape index (κ1) is 10.1. The molecule has 0 radical (unpaired) electrons. The summed E-state index contributed by atoms with van der Waals surface area (Å²) in [6.07, 6.45) is 0.459. The van der Waals surface area contributed by atoms with E-state index >= 15 is 0 Å². The van der Waals surface area contributed by atoms with Crippen molar-refractivity contribution in [3.63, 3.8) is 0 Å². The maximum atomic E-state index is 9.59. The van der Waals surface area contributed by atoms with E-state index in [0.29, 0.717) is 13.0 Å². The van der Waals surface area contributed by atoms with Crippen molar-refractivity contribution in [3.8, 4) is 0 Å². The second-order valence-corrected chi connectivity index (χ2v) is 1.75. The highest BCUT2D eigenvalue weighted by Gasteiger charge is 1.93. The van der Waals surface area contributed by atoms with Crippen LogP contribution < -0.4 is 0 Å². The minimum Gasteiger partial charge on any atom is -0.394 e. The number of aliphatic hydroxyl groups is 1. The van der Waals surface area contributed by atoms with Gasteiger partial charge in [-0.25, -0.2) is 0 Å². The van der Waals surface area contributed by atoms with Crippen LogP contribution in [0, 0.1) is 10.1 Å². The summed E-state index contributed by atoms with van der Waals surface area (Å²) in [5.41, 5.74) is 0. The molecule has 0 aliphatic carbocycles. The van der Waals surface area contributed by atoms with Crippen molar-refractivity contribution in [2.24, 2.45) is 0 Å². The van der Waals surface area contributed by atoms with Crippen LogP contribution in [0.5, 0.6) is 0 Å². The van der Waals surface area contributed by atoms with Gasteiger partial charge in [-0.05, 0) is 6.42 Å². The summed E-state index contributed by atoms with van der Waals surface area (Å²) in [6.45, 7) is 0.640. The third-order valence-corrected chi connectivity index (χ3v) is 0.865. The normalized spacial score (nSPS) is 9.55. The average Bonchev–Trinajstić information content (AvgIpc) is 1.96. The summed E-state index contributed by atoms with van der Waals surface area (Å²) >= 11 is 0. The maximum absolute atomic E-state index is 9.59. The van der Waals surface area contributed by atoms with Gasteiger partial charge in [-0.1, -0.05) is 0 Å². The zero-order chi connectivity index (χ0) is 8.53. The van der Waals surface area contributed by atoms with Crippen LogP contribution in [0.15, 0.2) is 0 Å². The van der Waals surface area contributed by atoms with Crippen LogP contribution in [0.2, 0.25) is 0 Å². The molecule has 0 atom stereocenters. The molecule has 0 saturated carbocycles. The number of ether oxygens (including phenoxy) is 1. The zero-order valence-corrected chi connectivity index (χ0v) is 6.06. The van der Waals surface area contributed by atoms with Gasteiger partial charge in [0.1, 0.15) is 0 Å². The smallest absolute Gasteiger partial charge is 0.294 e. The van der Waals surface area contributed by atoms with Crippen molar-refractivity contribution in [2.45, 2.75) is 6.42 Å². The topological polar surface area (TPSA) is 81.8 Å². The van der Waals surface area contributed by atoms with Crippen LogP contribution in [-0.4, -0.2) is 36.6 Å². The van der Waals surface area contributed by atoms with Gasteiger partial charge in [-0.15, -0.1) is 10.1 Å². The molecule has 0 aromatic heterocycles. The van der Waals surface area contributed by atoms with Crippen LogP contribution in [0.25, 0.3) is 0 Å². The molecule has 0 rings (SSSR count). The summed E-state index contributed by atoms with van der Waals surface area (Å²) in [5.74, 6) is 0. The lowest BCUT2D eigenvalue weighted by Crippen LogP contribution is -2.07. The van der Waals surface area contributed by atoms with E-state index in [1.807, 2.05) is 0 Å². The van der Waals surface area contributed by atoms with Gasteiger partial charge in [-0.2, -0.15) is 0 Å². The highest BCUT2D eigenvalue weighted by Crippen LogP contribution is 1.84. The monoisotopic (exact) mass is 165 g/mol. The molecule has 0 bridgehead atoms. The van der Waals surface area contributed by atoms with E-state index < -0.39 is 5.09 Å². The summed E-state index contributed by atoms with van der Waals surface area (Å²) in [6, 6.07) is 0. The fourth-order valence-corrected chi connectivity index (χ4v) is 0.467. The summed E-state index contributed by atoms with van der Waals surface area (Å²) in [5, 5.41) is 17.0. The van der Waals surface area contributed by atoms with Crippen molar-refractivity contribution >= 4 is 0 Å². The van der Waals surface area contributed by atoms with Crippen LogP contribution >= 0.6 is 0 Å². The van der Waals surface area contributed by atoms with Gasteiger partial charge in [0.05, 0.1) is 19.8 Å². The molecule has 0 aromatic carbocycles. The predicted octanol–water partition coefficient (Wildman–Crippen LogP) is -0.406. The second kappa shape index (κ2) is 7.23. The SMILES string of the molecule is O=[N+]([O-])OCCCOCCO. The molecular weight excluding hydrogens is 154 g/mol. The number of nitrogens with zero attached hydrogens (tertiary/aromatic N) is 1. The van der Waals surface area contributed by atoms with Gasteiger partial charge in [0.2, 0.25) is 0 Å². The molecule has 0 spiro atoms. The number of hydrogen-bond acceptors (Lipinski definition) is 5. The Bertz CT molecular complexity index is 107. The van der Waals surface area contributed by atoms with E-state index in [1.165, 1.54) is 0 Å². The molecule has 1 N–H and O–H groups in total. The molecule has 0 aliphatic heterocycles. The lowest BCUT2D eigenvalue weighted by Gasteiger charge is -2.00. The van der Waals surface area contributed by atoms with Crippen molar-refractivity contribution in [3.05, 3.63) is 10.1 Å². The van der Waals surface area contributed by atoms with Crippen LogP contribution in [0.4, 0.5) is 0 Å². The fourth-order valence-electron chi connectivity index (χ4n) is 0.467. The first-order chi connectivity index (χ1) is 5.27. The highest BCUT2D eigenvalue weighted by molar-refractivity contribution is 4.31. The number of hydrogen-bond donors (Lipinski definition) is 1. The molecule has 6 nitrogen and oxygen atoms in total. The van der Waals surface area contributed by atoms with Crippen molar-refractivity contribution in [2.75, 3.05) is 26.4 Å². The third kappa shape index (κ3) is 9.12. The molecule has 0 amide bonds. The quantitative estimate of drug-likeness (QED) is 0.315. The van der Waals surface area contributed by atoms with E-state index in [1.54, 1.807) is 0 Å². The summed E-state index contributed by atoms with van der Waals surface area (Å²) in [4.78, 5) is 13.6. The van der Waals surface area contributed by atoms with Gasteiger partial charge in [0.15, 0.2) is 0 Å². The zero-order valence-electron chi connectivity index (χ0n) is 6.06. The Kier molecular flexibility index (Phi) is 6.65. The van der Waals surface area contributed by atoms with Crippen LogP contribution in [0.3, 0.4) is 0 Å². The summed E-state index contributed by atoms with van der Waals surface area (Å²) in [7, 11) is 0. The molecule has 0 aliphatic rings. The van der Waals surface area contributed by atoms with E-state index in [4.69, 9.17) is 9.84 Å². The molecule has 0 fully saturated rings. The van der Waals surface area contributed by atoms with Gasteiger partial charge in [0.25, 0.3) is 5.09 Å². The number of aliphatic hydroxyl groups excluding tert-OH is 1. The van der Waals surface area contributed by atoms with Crippen molar-refractivity contribution in [1.29, 1.82) is 0 Å². The molecular formula is C5H11NO5. The Labute approximate surface area is 63.8 Å². The molecule has 66 valence electrons. The van der Waals surface area contributed by atoms with Gasteiger partial charge in [-0.3, -0.25) is 0 Å². The van der Waals surface area contributed by atoms with Gasteiger partial charge in [0, 0.05) is 6.61 Å². The molecule has 0 unspecified atom stereocenters. The predicted molar refractivity (Wildman–Crippen MR) is 35.5 cm³/mol. The Hall–Kier alpha value is -0.880. The van der Waals surface area contributed by atoms with E-state index in [2.05, 4.69) is 4.84 Å². The molecule has 0 heterocycles. The largest absolute Gasteiger partial charge is 0.394 e. The Morgan fingerprint density at radius 3 is 2.64 bits per heavy atom. The molecule has 6 heteroatoms. The first-order valence-electron chi connectivity index (χ1n) is 3.23. The minimum absolute atomic E-state index is 0.0317. The fraction of sp³-hybridized carbons (Fsp3) is 1.00. The molecule has 0 aromatic rings. The van der Waals surface area contributed by atoms with Crippen LogP contribution in [-0.2, 0) is 9.57 Å². The van der Waals surface area contributed by atoms with Crippen molar-refractivity contribution < 1.29 is 19.8 Å².